The Labute approximate surface area is 150 Å². The second-order valence-corrected chi connectivity index (χ2v) is 7.39. The summed E-state index contributed by atoms with van der Waals surface area (Å²) in [6.45, 7) is 3.98. The molecule has 0 bridgehead atoms. The molecule has 7 heteroatoms. The van der Waals surface area contributed by atoms with Gasteiger partial charge in [-0.3, -0.25) is 4.21 Å². The predicted molar refractivity (Wildman–Crippen MR) is 103 cm³/mol. The third kappa shape index (κ3) is 5.45. The van der Waals surface area contributed by atoms with Crippen LogP contribution in [0.2, 0.25) is 0 Å². The molecule has 4 nitrogen and oxygen atoms in total. The first-order valence-corrected chi connectivity index (χ1v) is 9.38. The van der Waals surface area contributed by atoms with Crippen molar-refractivity contribution < 1.29 is 4.21 Å². The van der Waals surface area contributed by atoms with Gasteiger partial charge in [0.1, 0.15) is 0 Å². The van der Waals surface area contributed by atoms with E-state index in [1.165, 1.54) is 0 Å². The summed E-state index contributed by atoms with van der Waals surface area (Å²) in [6.07, 6.45) is 1.68. The molecule has 2 atom stereocenters. The average molecular weight is 439 g/mol. The molecular formula is C14H22IN3OS2. The number of rotatable bonds is 3. The number of guanidine groups is 1. The van der Waals surface area contributed by atoms with Crippen molar-refractivity contribution in [1.82, 2.24) is 4.90 Å². The smallest absolute Gasteiger partial charge is 0.191 e. The van der Waals surface area contributed by atoms with Gasteiger partial charge in [0.2, 0.25) is 0 Å². The molecule has 0 spiro atoms. The maximum atomic E-state index is 11.4. The third-order valence-corrected chi connectivity index (χ3v) is 5.23. The van der Waals surface area contributed by atoms with Gasteiger partial charge in [-0.15, -0.1) is 24.0 Å². The number of aliphatic imine (C=N–C) groups is 1. The monoisotopic (exact) mass is 439 g/mol. The van der Waals surface area contributed by atoms with Crippen molar-refractivity contribution in [1.29, 1.82) is 0 Å². The third-order valence-electron chi connectivity index (χ3n) is 3.36. The van der Waals surface area contributed by atoms with Gasteiger partial charge in [-0.1, -0.05) is 12.1 Å². The second-order valence-electron chi connectivity index (χ2n) is 4.79. The highest BCUT2D eigenvalue weighted by atomic mass is 127. The first kappa shape index (κ1) is 18.8. The van der Waals surface area contributed by atoms with Crippen LogP contribution in [0.3, 0.4) is 0 Å². The summed E-state index contributed by atoms with van der Waals surface area (Å²) in [7, 11) is -0.936. The summed E-state index contributed by atoms with van der Waals surface area (Å²) in [5, 5.41) is 0. The minimum absolute atomic E-state index is 0. The summed E-state index contributed by atoms with van der Waals surface area (Å²) in [5.74, 6) is 2.85. The first-order valence-electron chi connectivity index (χ1n) is 6.67. The lowest BCUT2D eigenvalue weighted by Gasteiger charge is -2.27. The highest BCUT2D eigenvalue weighted by Gasteiger charge is 2.13. The highest BCUT2D eigenvalue weighted by Crippen LogP contribution is 2.19. The van der Waals surface area contributed by atoms with Crippen LogP contribution in [0, 0.1) is 0 Å². The molecule has 1 saturated heterocycles. The molecular weight excluding hydrogens is 417 g/mol. The van der Waals surface area contributed by atoms with E-state index >= 15 is 0 Å². The molecule has 0 radical (unpaired) electrons. The van der Waals surface area contributed by atoms with Gasteiger partial charge in [-0.2, -0.15) is 11.8 Å². The maximum absolute atomic E-state index is 11.4. The number of nitrogens with zero attached hydrogens (tertiary/aromatic N) is 2. The molecule has 21 heavy (non-hydrogen) atoms. The van der Waals surface area contributed by atoms with Crippen molar-refractivity contribution in [3.63, 3.8) is 0 Å². The first-order chi connectivity index (χ1) is 9.58. The van der Waals surface area contributed by atoms with Crippen LogP contribution in [0.1, 0.15) is 18.5 Å². The molecule has 1 fully saturated rings. The van der Waals surface area contributed by atoms with Crippen molar-refractivity contribution in [3.05, 3.63) is 29.8 Å². The van der Waals surface area contributed by atoms with Crippen LogP contribution in [-0.4, -0.2) is 45.9 Å². The Kier molecular flexibility index (Phi) is 8.04. The number of nitrogens with two attached hydrogens (primary N) is 1. The SMILES string of the molecule is CC(N=C(N)N1CCSCC1)c1ccc(S(C)=O)cc1.I. The topological polar surface area (TPSA) is 58.7 Å². The van der Waals surface area contributed by atoms with E-state index in [1.807, 2.05) is 43.0 Å². The number of hydrogen-bond acceptors (Lipinski definition) is 3. The molecule has 1 aromatic carbocycles. The Morgan fingerprint density at radius 1 is 1.33 bits per heavy atom. The predicted octanol–water partition coefficient (Wildman–Crippen LogP) is 2.47. The molecule has 1 aliphatic rings. The van der Waals surface area contributed by atoms with Gasteiger partial charge in [0.05, 0.1) is 6.04 Å². The molecule has 1 aliphatic heterocycles. The molecule has 0 aromatic heterocycles. The summed E-state index contributed by atoms with van der Waals surface area (Å²) >= 11 is 1.95. The van der Waals surface area contributed by atoms with Crippen LogP contribution >= 0.6 is 35.7 Å². The van der Waals surface area contributed by atoms with Crippen LogP contribution in [0.25, 0.3) is 0 Å². The van der Waals surface area contributed by atoms with E-state index in [-0.39, 0.29) is 30.0 Å². The van der Waals surface area contributed by atoms with Crippen LogP contribution in [0.5, 0.6) is 0 Å². The van der Waals surface area contributed by atoms with Gasteiger partial charge in [-0.25, -0.2) is 4.99 Å². The van der Waals surface area contributed by atoms with Crippen molar-refractivity contribution in [3.8, 4) is 0 Å². The minimum atomic E-state index is -0.936. The van der Waals surface area contributed by atoms with Crippen molar-refractivity contribution in [2.75, 3.05) is 30.9 Å². The summed E-state index contributed by atoms with van der Waals surface area (Å²) < 4.78 is 11.4. The van der Waals surface area contributed by atoms with E-state index in [2.05, 4.69) is 9.89 Å². The zero-order valence-electron chi connectivity index (χ0n) is 12.3. The summed E-state index contributed by atoms with van der Waals surface area (Å²) in [6, 6.07) is 7.76. The van der Waals surface area contributed by atoms with Crippen LogP contribution in [-0.2, 0) is 10.8 Å². The van der Waals surface area contributed by atoms with Gasteiger partial charge in [-0.05, 0) is 24.6 Å². The molecule has 1 heterocycles. The number of thioether (sulfide) groups is 1. The van der Waals surface area contributed by atoms with Gasteiger partial charge in [0.25, 0.3) is 0 Å². The van der Waals surface area contributed by atoms with Crippen LogP contribution in [0.15, 0.2) is 34.2 Å². The minimum Gasteiger partial charge on any atom is -0.370 e. The van der Waals surface area contributed by atoms with Gasteiger partial charge in [0.15, 0.2) is 5.96 Å². The fourth-order valence-corrected chi connectivity index (χ4v) is 3.51. The lowest BCUT2D eigenvalue weighted by atomic mass is 10.1. The lowest BCUT2D eigenvalue weighted by Crippen LogP contribution is -2.42. The molecule has 0 aliphatic carbocycles. The quantitative estimate of drug-likeness (QED) is 0.447. The molecule has 2 N–H and O–H groups in total. The Hall–Kier alpha value is -0.280. The van der Waals surface area contributed by atoms with Gasteiger partial charge >= 0.3 is 0 Å². The normalized spacial score (nSPS) is 18.8. The summed E-state index contributed by atoms with van der Waals surface area (Å²) in [4.78, 5) is 7.56. The largest absolute Gasteiger partial charge is 0.370 e. The fourth-order valence-electron chi connectivity index (χ4n) is 2.09. The molecule has 2 unspecified atom stereocenters. The van der Waals surface area contributed by atoms with Crippen molar-refractivity contribution >= 4 is 52.5 Å². The van der Waals surface area contributed by atoms with Gasteiger partial charge in [0, 0.05) is 46.5 Å². The fraction of sp³-hybridized carbons (Fsp3) is 0.500. The van der Waals surface area contributed by atoms with E-state index in [0.29, 0.717) is 5.96 Å². The van der Waals surface area contributed by atoms with Crippen LogP contribution < -0.4 is 5.73 Å². The molecule has 2 rings (SSSR count). The van der Waals surface area contributed by atoms with Gasteiger partial charge < -0.3 is 10.6 Å². The number of hydrogen-bond donors (Lipinski definition) is 1. The maximum Gasteiger partial charge on any atom is 0.191 e. The number of benzene rings is 1. The average Bonchev–Trinajstić information content (AvgIpc) is 2.48. The molecule has 118 valence electrons. The zero-order valence-corrected chi connectivity index (χ0v) is 16.3. The molecule has 0 amide bonds. The highest BCUT2D eigenvalue weighted by molar-refractivity contribution is 14.0. The Morgan fingerprint density at radius 2 is 1.90 bits per heavy atom. The lowest BCUT2D eigenvalue weighted by molar-refractivity contribution is 0.453. The Balaban J connectivity index is 0.00000220. The van der Waals surface area contributed by atoms with E-state index in [0.717, 1.165) is 35.1 Å². The van der Waals surface area contributed by atoms with Crippen molar-refractivity contribution in [2.45, 2.75) is 17.9 Å². The number of halogens is 1. The standard InChI is InChI=1S/C14H21N3OS2.HI/c1-11(12-3-5-13(6-4-12)20(2)18)16-14(15)17-7-9-19-10-8-17;/h3-6,11H,7-10H2,1-2H3,(H2,15,16);1H. The Bertz CT molecular complexity index is 501. The van der Waals surface area contributed by atoms with Crippen molar-refractivity contribution in [2.24, 2.45) is 10.7 Å². The summed E-state index contributed by atoms with van der Waals surface area (Å²) in [5.41, 5.74) is 7.17. The molecule has 0 saturated carbocycles. The van der Waals surface area contributed by atoms with E-state index in [1.54, 1.807) is 6.26 Å². The van der Waals surface area contributed by atoms with E-state index < -0.39 is 10.8 Å². The Morgan fingerprint density at radius 3 is 2.43 bits per heavy atom. The zero-order chi connectivity index (χ0) is 14.5. The molecule has 1 aromatic rings. The van der Waals surface area contributed by atoms with E-state index in [9.17, 15) is 4.21 Å². The van der Waals surface area contributed by atoms with Crippen LogP contribution in [0.4, 0.5) is 0 Å². The van der Waals surface area contributed by atoms with E-state index in [4.69, 9.17) is 5.73 Å². The second kappa shape index (κ2) is 8.99.